The maximum absolute atomic E-state index is 5.20. The Balaban J connectivity index is 2.04. The fraction of sp³-hybridized carbons (Fsp3) is 0.471. The van der Waals surface area contributed by atoms with Crippen LogP contribution < -0.4 is 10.1 Å². The van der Waals surface area contributed by atoms with Crippen LogP contribution in [0, 0.1) is 6.92 Å². The molecule has 0 fully saturated rings. The predicted molar refractivity (Wildman–Crippen MR) is 85.7 cm³/mol. The van der Waals surface area contributed by atoms with Crippen LogP contribution in [-0.2, 0) is 13.5 Å². The molecule has 114 valence electrons. The largest absolute Gasteiger partial charge is 0.497 e. The van der Waals surface area contributed by atoms with E-state index in [1.165, 1.54) is 16.8 Å². The van der Waals surface area contributed by atoms with E-state index in [1.54, 1.807) is 7.11 Å². The lowest BCUT2D eigenvalue weighted by atomic mass is 9.99. The van der Waals surface area contributed by atoms with Crippen LogP contribution in [0.15, 0.2) is 30.5 Å². The van der Waals surface area contributed by atoms with Gasteiger partial charge in [0.15, 0.2) is 0 Å². The van der Waals surface area contributed by atoms with Crippen LogP contribution in [-0.4, -0.2) is 23.4 Å². The molecule has 0 spiro atoms. The average Bonchev–Trinajstić information content (AvgIpc) is 2.84. The van der Waals surface area contributed by atoms with Crippen molar-refractivity contribution in [3.05, 3.63) is 47.3 Å². The molecular formula is C17H25N3O. The van der Waals surface area contributed by atoms with Crippen LogP contribution in [0.4, 0.5) is 0 Å². The van der Waals surface area contributed by atoms with Gasteiger partial charge < -0.3 is 10.1 Å². The first-order chi connectivity index (χ1) is 10.2. The highest BCUT2D eigenvalue weighted by Crippen LogP contribution is 2.22. The molecule has 1 N–H and O–H groups in total. The number of aromatic nitrogens is 2. The van der Waals surface area contributed by atoms with Crippen molar-refractivity contribution in [2.24, 2.45) is 7.05 Å². The smallest absolute Gasteiger partial charge is 0.118 e. The van der Waals surface area contributed by atoms with Crippen molar-refractivity contribution in [1.82, 2.24) is 15.1 Å². The molecule has 1 aromatic carbocycles. The van der Waals surface area contributed by atoms with E-state index in [1.807, 2.05) is 30.1 Å². The molecule has 1 aromatic heterocycles. The molecule has 4 heteroatoms. The number of nitrogens with zero attached hydrogens (tertiary/aromatic N) is 2. The lowest BCUT2D eigenvalue weighted by Crippen LogP contribution is -2.22. The lowest BCUT2D eigenvalue weighted by Gasteiger charge is -2.18. The zero-order valence-electron chi connectivity index (χ0n) is 13.4. The van der Waals surface area contributed by atoms with E-state index >= 15 is 0 Å². The van der Waals surface area contributed by atoms with E-state index in [0.717, 1.165) is 25.1 Å². The van der Waals surface area contributed by atoms with E-state index in [9.17, 15) is 0 Å². The second kappa shape index (κ2) is 7.27. The summed E-state index contributed by atoms with van der Waals surface area (Å²) in [6.07, 6.45) is 4.08. The van der Waals surface area contributed by atoms with E-state index in [2.05, 4.69) is 36.4 Å². The number of benzene rings is 1. The maximum Gasteiger partial charge on any atom is 0.118 e. The first-order valence-corrected chi connectivity index (χ1v) is 7.50. The first kappa shape index (κ1) is 15.6. The van der Waals surface area contributed by atoms with E-state index < -0.39 is 0 Å². The van der Waals surface area contributed by atoms with Gasteiger partial charge in [-0.15, -0.1) is 0 Å². The van der Waals surface area contributed by atoms with Crippen molar-refractivity contribution in [2.75, 3.05) is 13.7 Å². The third kappa shape index (κ3) is 3.85. The number of rotatable bonds is 7. The second-order valence-electron chi connectivity index (χ2n) is 5.31. The van der Waals surface area contributed by atoms with Gasteiger partial charge in [0.25, 0.3) is 0 Å². The number of methoxy groups -OCH3 is 1. The fourth-order valence-electron chi connectivity index (χ4n) is 2.57. The van der Waals surface area contributed by atoms with E-state index in [4.69, 9.17) is 4.74 Å². The monoisotopic (exact) mass is 287 g/mol. The molecule has 2 rings (SSSR count). The van der Waals surface area contributed by atoms with Crippen molar-refractivity contribution in [2.45, 2.75) is 32.7 Å². The van der Waals surface area contributed by atoms with Gasteiger partial charge in [-0.05, 0) is 44.0 Å². The van der Waals surface area contributed by atoms with Gasteiger partial charge >= 0.3 is 0 Å². The van der Waals surface area contributed by atoms with Crippen LogP contribution in [0.5, 0.6) is 5.75 Å². The van der Waals surface area contributed by atoms with Crippen LogP contribution in [0.25, 0.3) is 0 Å². The van der Waals surface area contributed by atoms with Crippen molar-refractivity contribution in [1.29, 1.82) is 0 Å². The SMILES string of the molecule is CCNC(CCc1ccc(OC)cc1)c1cnn(C)c1C. The molecule has 1 atom stereocenters. The summed E-state index contributed by atoms with van der Waals surface area (Å²) in [4.78, 5) is 0. The summed E-state index contributed by atoms with van der Waals surface area (Å²) >= 11 is 0. The molecule has 4 nitrogen and oxygen atoms in total. The molecule has 21 heavy (non-hydrogen) atoms. The number of hydrogen-bond donors (Lipinski definition) is 1. The Bertz CT molecular complexity index is 560. The molecule has 1 unspecified atom stereocenters. The maximum atomic E-state index is 5.20. The Morgan fingerprint density at radius 1 is 1.29 bits per heavy atom. The topological polar surface area (TPSA) is 39.1 Å². The predicted octanol–water partition coefficient (Wildman–Crippen LogP) is 3.02. The third-order valence-electron chi connectivity index (χ3n) is 3.98. The highest BCUT2D eigenvalue weighted by molar-refractivity contribution is 5.28. The number of nitrogens with one attached hydrogen (secondary N) is 1. The molecule has 0 aliphatic rings. The van der Waals surface area contributed by atoms with Gasteiger partial charge in [0.2, 0.25) is 0 Å². The van der Waals surface area contributed by atoms with Gasteiger partial charge in [0, 0.05) is 24.3 Å². The fourth-order valence-corrected chi connectivity index (χ4v) is 2.57. The molecule has 0 saturated carbocycles. The van der Waals surface area contributed by atoms with Gasteiger partial charge in [0.05, 0.1) is 13.3 Å². The molecule has 0 aliphatic carbocycles. The van der Waals surface area contributed by atoms with Crippen molar-refractivity contribution >= 4 is 0 Å². The van der Waals surface area contributed by atoms with Gasteiger partial charge in [-0.3, -0.25) is 4.68 Å². The zero-order chi connectivity index (χ0) is 15.2. The van der Waals surface area contributed by atoms with Crippen molar-refractivity contribution in [3.8, 4) is 5.75 Å². The van der Waals surface area contributed by atoms with E-state index in [0.29, 0.717) is 6.04 Å². The molecule has 0 amide bonds. The Morgan fingerprint density at radius 3 is 2.52 bits per heavy atom. The average molecular weight is 287 g/mol. The van der Waals surface area contributed by atoms with Gasteiger partial charge in [-0.25, -0.2) is 0 Å². The molecule has 2 aromatic rings. The van der Waals surface area contributed by atoms with Crippen LogP contribution >= 0.6 is 0 Å². The summed E-state index contributed by atoms with van der Waals surface area (Å²) < 4.78 is 7.14. The van der Waals surface area contributed by atoms with Gasteiger partial charge in [-0.1, -0.05) is 19.1 Å². The number of hydrogen-bond acceptors (Lipinski definition) is 3. The third-order valence-corrected chi connectivity index (χ3v) is 3.98. The second-order valence-corrected chi connectivity index (χ2v) is 5.31. The highest BCUT2D eigenvalue weighted by atomic mass is 16.5. The Labute approximate surface area is 127 Å². The Morgan fingerprint density at radius 2 is 2.00 bits per heavy atom. The summed E-state index contributed by atoms with van der Waals surface area (Å²) in [7, 11) is 3.69. The summed E-state index contributed by atoms with van der Waals surface area (Å²) in [5.41, 5.74) is 3.86. The summed E-state index contributed by atoms with van der Waals surface area (Å²) in [6.45, 7) is 5.23. The summed E-state index contributed by atoms with van der Waals surface area (Å²) in [6, 6.07) is 8.67. The molecular weight excluding hydrogens is 262 g/mol. The minimum atomic E-state index is 0.353. The van der Waals surface area contributed by atoms with Gasteiger partial charge in [0.1, 0.15) is 5.75 Å². The standard InChI is InChI=1S/C17H25N3O/c1-5-18-17(16-12-19-20(3)13(16)2)11-8-14-6-9-15(21-4)10-7-14/h6-7,9-10,12,17-18H,5,8,11H2,1-4H3. The highest BCUT2D eigenvalue weighted by Gasteiger charge is 2.15. The molecule has 1 heterocycles. The summed E-state index contributed by atoms with van der Waals surface area (Å²) in [5, 5.41) is 7.92. The van der Waals surface area contributed by atoms with Crippen LogP contribution in [0.2, 0.25) is 0 Å². The quantitative estimate of drug-likeness (QED) is 0.851. The zero-order valence-corrected chi connectivity index (χ0v) is 13.4. The van der Waals surface area contributed by atoms with Crippen LogP contribution in [0.3, 0.4) is 0 Å². The number of ether oxygens (including phenoxy) is 1. The molecule has 0 bridgehead atoms. The van der Waals surface area contributed by atoms with Crippen molar-refractivity contribution < 1.29 is 4.74 Å². The minimum absolute atomic E-state index is 0.353. The minimum Gasteiger partial charge on any atom is -0.497 e. The van der Waals surface area contributed by atoms with Crippen LogP contribution in [0.1, 0.15) is 36.2 Å². The molecule has 0 saturated heterocycles. The number of aryl methyl sites for hydroxylation is 2. The Hall–Kier alpha value is -1.81. The Kier molecular flexibility index (Phi) is 5.39. The van der Waals surface area contributed by atoms with Gasteiger partial charge in [-0.2, -0.15) is 5.10 Å². The normalized spacial score (nSPS) is 12.4. The summed E-state index contributed by atoms with van der Waals surface area (Å²) in [5.74, 6) is 0.907. The molecule has 0 radical (unpaired) electrons. The lowest BCUT2D eigenvalue weighted by molar-refractivity contribution is 0.414. The molecule has 0 aliphatic heterocycles. The first-order valence-electron chi connectivity index (χ1n) is 7.50. The van der Waals surface area contributed by atoms with E-state index in [-0.39, 0.29) is 0 Å². The van der Waals surface area contributed by atoms with Crippen molar-refractivity contribution in [3.63, 3.8) is 0 Å².